The lowest BCUT2D eigenvalue weighted by Gasteiger charge is -2.33. The second-order valence-electron chi connectivity index (χ2n) is 6.57. The van der Waals surface area contributed by atoms with Crippen LogP contribution in [0.2, 0.25) is 0 Å². The van der Waals surface area contributed by atoms with Crippen LogP contribution in [0.25, 0.3) is 10.9 Å². The molecule has 5 nitrogen and oxygen atoms in total. The van der Waals surface area contributed by atoms with Crippen molar-refractivity contribution >= 4 is 29.0 Å². The van der Waals surface area contributed by atoms with Crippen molar-refractivity contribution in [2.45, 2.75) is 37.9 Å². The van der Waals surface area contributed by atoms with E-state index in [0.717, 1.165) is 0 Å². The van der Waals surface area contributed by atoms with Crippen LogP contribution < -0.4 is 10.9 Å². The number of hydrogen-bond donors (Lipinski definition) is 2. The monoisotopic (exact) mass is 385 g/mol. The van der Waals surface area contributed by atoms with Gasteiger partial charge in [-0.3, -0.25) is 14.2 Å². The molecule has 1 heterocycles. The Morgan fingerprint density at radius 2 is 2.00 bits per heavy atom. The summed E-state index contributed by atoms with van der Waals surface area (Å²) in [6.45, 7) is 0. The maximum absolute atomic E-state index is 13.2. The Morgan fingerprint density at radius 1 is 1.31 bits per heavy atom. The van der Waals surface area contributed by atoms with Crippen molar-refractivity contribution in [3.8, 4) is 0 Å². The molecule has 26 heavy (non-hydrogen) atoms. The molecule has 0 aliphatic heterocycles. The van der Waals surface area contributed by atoms with E-state index in [1.165, 1.54) is 29.8 Å². The molecule has 1 amide bonds. The van der Waals surface area contributed by atoms with Gasteiger partial charge < -0.3 is 10.3 Å². The van der Waals surface area contributed by atoms with Gasteiger partial charge in [-0.2, -0.15) is 13.2 Å². The number of carbonyl (C=O) groups is 1. The van der Waals surface area contributed by atoms with Crippen molar-refractivity contribution in [2.24, 2.45) is 13.0 Å². The number of fused-ring (bicyclic) bond motifs is 1. The second kappa shape index (κ2) is 6.86. The minimum absolute atomic E-state index is 0.0231. The van der Waals surface area contributed by atoms with Crippen molar-refractivity contribution in [1.82, 2.24) is 14.9 Å². The van der Waals surface area contributed by atoms with Crippen molar-refractivity contribution in [3.63, 3.8) is 0 Å². The van der Waals surface area contributed by atoms with Crippen molar-refractivity contribution < 1.29 is 18.0 Å². The van der Waals surface area contributed by atoms with Crippen LogP contribution in [0.3, 0.4) is 0 Å². The molecule has 2 atom stereocenters. The van der Waals surface area contributed by atoms with Gasteiger partial charge >= 0.3 is 6.18 Å². The maximum atomic E-state index is 13.2. The lowest BCUT2D eigenvalue weighted by molar-refractivity contribution is -0.187. The molecule has 3 rings (SSSR count). The summed E-state index contributed by atoms with van der Waals surface area (Å²) >= 11 is 5.05. The average Bonchev–Trinajstić information content (AvgIpc) is 2.59. The number of halogens is 3. The molecule has 1 aromatic carbocycles. The molecule has 1 saturated carbocycles. The van der Waals surface area contributed by atoms with E-state index in [9.17, 15) is 22.8 Å². The molecule has 1 fully saturated rings. The van der Waals surface area contributed by atoms with Crippen LogP contribution in [0.4, 0.5) is 13.2 Å². The van der Waals surface area contributed by atoms with Gasteiger partial charge in [-0.05, 0) is 43.3 Å². The summed E-state index contributed by atoms with van der Waals surface area (Å²) in [5.41, 5.74) is 0.254. The third kappa shape index (κ3) is 3.53. The smallest absolute Gasteiger partial charge is 0.349 e. The van der Waals surface area contributed by atoms with Crippen molar-refractivity contribution in [3.05, 3.63) is 38.9 Å². The first-order valence-corrected chi connectivity index (χ1v) is 8.70. The zero-order valence-electron chi connectivity index (χ0n) is 14.0. The van der Waals surface area contributed by atoms with Crippen molar-refractivity contribution in [2.75, 3.05) is 0 Å². The molecule has 1 aliphatic carbocycles. The summed E-state index contributed by atoms with van der Waals surface area (Å²) in [5.74, 6) is -2.12. The van der Waals surface area contributed by atoms with Gasteiger partial charge in [0.05, 0.1) is 16.8 Å². The summed E-state index contributed by atoms with van der Waals surface area (Å²) in [6, 6.07) is 3.41. The van der Waals surface area contributed by atoms with Gasteiger partial charge in [-0.15, -0.1) is 0 Å². The summed E-state index contributed by atoms with van der Waals surface area (Å²) in [5, 5.41) is 2.87. The Morgan fingerprint density at radius 3 is 2.69 bits per heavy atom. The molecule has 2 aromatic rings. The lowest BCUT2D eigenvalue weighted by Crippen LogP contribution is -2.47. The Kier molecular flexibility index (Phi) is 4.92. The molecule has 1 aromatic heterocycles. The van der Waals surface area contributed by atoms with E-state index in [4.69, 9.17) is 12.2 Å². The maximum Gasteiger partial charge on any atom is 0.393 e. The summed E-state index contributed by atoms with van der Waals surface area (Å²) in [6.07, 6.45) is -2.86. The van der Waals surface area contributed by atoms with Gasteiger partial charge in [0.25, 0.3) is 11.5 Å². The molecule has 2 N–H and O–H groups in total. The molecule has 1 aliphatic rings. The molecule has 0 unspecified atom stereocenters. The average molecular weight is 385 g/mol. The van der Waals surface area contributed by atoms with Crippen LogP contribution in [0.1, 0.15) is 36.0 Å². The fraction of sp³-hybridized carbons (Fsp3) is 0.471. The number of nitrogens with one attached hydrogen (secondary N) is 2. The van der Waals surface area contributed by atoms with E-state index in [-0.39, 0.29) is 22.3 Å². The number of aromatic nitrogens is 2. The number of hydrogen-bond acceptors (Lipinski definition) is 3. The molecule has 0 radical (unpaired) electrons. The van der Waals surface area contributed by atoms with Gasteiger partial charge in [-0.25, -0.2) is 0 Å². The third-order valence-corrected chi connectivity index (χ3v) is 5.24. The molecule has 0 saturated heterocycles. The number of benzene rings is 1. The fourth-order valence-electron chi connectivity index (χ4n) is 3.39. The molecule has 0 bridgehead atoms. The minimum Gasteiger partial charge on any atom is -0.349 e. The van der Waals surface area contributed by atoms with Crippen LogP contribution in [-0.2, 0) is 7.05 Å². The normalized spacial score (nSPS) is 20.9. The third-order valence-electron chi connectivity index (χ3n) is 4.87. The summed E-state index contributed by atoms with van der Waals surface area (Å²) in [4.78, 5) is 27.5. The number of H-pyrrole nitrogens is 1. The first-order valence-electron chi connectivity index (χ1n) is 8.29. The van der Waals surface area contributed by atoms with Crippen LogP contribution in [0, 0.1) is 10.7 Å². The number of carbonyl (C=O) groups excluding carboxylic acids is 1. The lowest BCUT2D eigenvalue weighted by atomic mass is 9.84. The SMILES string of the molecule is Cn1c(=S)[nH]c2cc(C(=O)N[C@@H]3CCCC[C@H]3C(F)(F)F)ccc2c1=O. The van der Waals surface area contributed by atoms with Gasteiger partial charge in [0.1, 0.15) is 0 Å². The number of amides is 1. The Labute approximate surface area is 152 Å². The van der Waals surface area contributed by atoms with E-state index in [1.54, 1.807) is 0 Å². The van der Waals surface area contributed by atoms with Crippen LogP contribution in [0.15, 0.2) is 23.0 Å². The summed E-state index contributed by atoms with van der Waals surface area (Å²) in [7, 11) is 1.53. The molecule has 0 spiro atoms. The Balaban J connectivity index is 1.89. The molecular weight excluding hydrogens is 367 g/mol. The van der Waals surface area contributed by atoms with E-state index in [0.29, 0.717) is 30.2 Å². The highest BCUT2D eigenvalue weighted by Crippen LogP contribution is 2.37. The standard InChI is InChI=1S/C17H18F3N3O2S/c1-23-15(25)10-7-6-9(8-13(10)22-16(23)26)14(24)21-12-5-3-2-4-11(12)17(18,19)20/h6-8,11-12H,2-5H2,1H3,(H,21,24)(H,22,26)/t11-,12-/m1/s1. The fourth-order valence-corrected chi connectivity index (χ4v) is 3.59. The Hall–Kier alpha value is -2.16. The first kappa shape index (κ1) is 18.6. The van der Waals surface area contributed by atoms with Crippen LogP contribution >= 0.6 is 12.2 Å². The topological polar surface area (TPSA) is 66.9 Å². The molecular formula is C17H18F3N3O2S. The predicted octanol–water partition coefficient (Wildman–Crippen LogP) is 3.45. The zero-order chi connectivity index (χ0) is 19.1. The number of alkyl halides is 3. The quantitative estimate of drug-likeness (QED) is 0.779. The number of nitrogens with zero attached hydrogens (tertiary/aromatic N) is 1. The summed E-state index contributed by atoms with van der Waals surface area (Å²) < 4.78 is 41.0. The van der Waals surface area contributed by atoms with E-state index in [1.807, 2.05) is 0 Å². The molecule has 140 valence electrons. The van der Waals surface area contributed by atoms with Crippen LogP contribution in [-0.4, -0.2) is 27.7 Å². The van der Waals surface area contributed by atoms with E-state index < -0.39 is 24.0 Å². The number of rotatable bonds is 2. The van der Waals surface area contributed by atoms with Gasteiger partial charge in [0.2, 0.25) is 0 Å². The Bertz CT molecular complexity index is 964. The zero-order valence-corrected chi connectivity index (χ0v) is 14.8. The predicted molar refractivity (Wildman–Crippen MR) is 93.6 cm³/mol. The molecule has 9 heteroatoms. The van der Waals surface area contributed by atoms with Gasteiger partial charge in [0, 0.05) is 18.7 Å². The van der Waals surface area contributed by atoms with E-state index >= 15 is 0 Å². The first-order chi connectivity index (χ1) is 12.2. The second-order valence-corrected chi connectivity index (χ2v) is 6.95. The highest BCUT2D eigenvalue weighted by atomic mass is 32.1. The number of aromatic amines is 1. The van der Waals surface area contributed by atoms with Gasteiger partial charge in [0.15, 0.2) is 4.77 Å². The highest BCUT2D eigenvalue weighted by molar-refractivity contribution is 7.71. The highest BCUT2D eigenvalue weighted by Gasteiger charge is 2.46. The van der Waals surface area contributed by atoms with E-state index in [2.05, 4.69) is 10.3 Å². The minimum atomic E-state index is -4.33. The van der Waals surface area contributed by atoms with Gasteiger partial charge in [-0.1, -0.05) is 12.8 Å². The van der Waals surface area contributed by atoms with Crippen molar-refractivity contribution in [1.29, 1.82) is 0 Å². The largest absolute Gasteiger partial charge is 0.393 e. The van der Waals surface area contributed by atoms with Crippen LogP contribution in [0.5, 0.6) is 0 Å².